The topological polar surface area (TPSA) is 79.8 Å². The SMILES string of the molecule is Cc1c(Cl)ccc2sc(N(CC3CCCO3)C(=O)C3CCCN(S(=O)(=O)c4cccs4)C3)nc12. The Kier molecular flexibility index (Phi) is 6.98. The first kappa shape index (κ1) is 24.1. The number of thiophene rings is 1. The van der Waals surface area contributed by atoms with Gasteiger partial charge in [0.05, 0.1) is 28.8 Å². The molecule has 7 nitrogen and oxygen atoms in total. The van der Waals surface area contributed by atoms with Crippen LogP contribution in [-0.2, 0) is 19.6 Å². The van der Waals surface area contributed by atoms with E-state index in [0.29, 0.717) is 46.9 Å². The molecule has 0 N–H and O–H groups in total. The number of amides is 1. The predicted octanol–water partition coefficient (Wildman–Crippen LogP) is 4.93. The lowest BCUT2D eigenvalue weighted by Gasteiger charge is -2.34. The number of thiazole rings is 1. The number of piperidine rings is 1. The Morgan fingerprint density at radius 3 is 2.88 bits per heavy atom. The van der Waals surface area contributed by atoms with Gasteiger partial charge in [-0.15, -0.1) is 11.3 Å². The average molecular weight is 540 g/mol. The molecule has 2 saturated heterocycles. The summed E-state index contributed by atoms with van der Waals surface area (Å²) in [4.78, 5) is 20.4. The van der Waals surface area contributed by atoms with E-state index in [1.165, 1.54) is 27.0 Å². The molecule has 34 heavy (non-hydrogen) atoms. The summed E-state index contributed by atoms with van der Waals surface area (Å²) in [6.45, 7) is 3.64. The van der Waals surface area contributed by atoms with Crippen molar-refractivity contribution in [3.8, 4) is 0 Å². The summed E-state index contributed by atoms with van der Waals surface area (Å²) in [5.41, 5.74) is 1.68. The first-order valence-electron chi connectivity index (χ1n) is 11.4. The monoisotopic (exact) mass is 539 g/mol. The zero-order valence-corrected chi connectivity index (χ0v) is 22.0. The molecule has 182 valence electrons. The van der Waals surface area contributed by atoms with Crippen LogP contribution in [0.15, 0.2) is 33.9 Å². The van der Waals surface area contributed by atoms with Gasteiger partial charge in [-0.05, 0) is 61.7 Å². The summed E-state index contributed by atoms with van der Waals surface area (Å²) in [6, 6.07) is 7.12. The van der Waals surface area contributed by atoms with Gasteiger partial charge in [-0.1, -0.05) is 29.0 Å². The molecule has 2 fully saturated rings. The fourth-order valence-electron chi connectivity index (χ4n) is 4.58. The zero-order valence-electron chi connectivity index (χ0n) is 18.8. The van der Waals surface area contributed by atoms with Gasteiger partial charge in [0, 0.05) is 24.7 Å². The van der Waals surface area contributed by atoms with E-state index in [9.17, 15) is 13.2 Å². The van der Waals surface area contributed by atoms with Crippen LogP contribution in [0.3, 0.4) is 0 Å². The third kappa shape index (κ3) is 4.64. The highest BCUT2D eigenvalue weighted by Gasteiger charge is 2.37. The number of anilines is 1. The van der Waals surface area contributed by atoms with E-state index in [1.54, 1.807) is 22.4 Å². The quantitative estimate of drug-likeness (QED) is 0.443. The van der Waals surface area contributed by atoms with E-state index in [2.05, 4.69) is 0 Å². The molecule has 0 bridgehead atoms. The van der Waals surface area contributed by atoms with E-state index in [0.717, 1.165) is 28.6 Å². The molecule has 2 aromatic heterocycles. The second-order valence-corrected chi connectivity index (χ2v) is 13.3. The van der Waals surface area contributed by atoms with Crippen molar-refractivity contribution in [2.24, 2.45) is 5.92 Å². The normalized spacial score (nSPS) is 21.8. The Morgan fingerprint density at radius 1 is 1.29 bits per heavy atom. The van der Waals surface area contributed by atoms with Crippen LogP contribution in [0.5, 0.6) is 0 Å². The minimum Gasteiger partial charge on any atom is -0.376 e. The summed E-state index contributed by atoms with van der Waals surface area (Å²) in [5, 5.41) is 3.01. The second-order valence-electron chi connectivity index (χ2n) is 8.73. The Bertz CT molecular complexity index is 1290. The average Bonchev–Trinajstić information content (AvgIpc) is 3.61. The number of fused-ring (bicyclic) bond motifs is 1. The molecule has 0 saturated carbocycles. The van der Waals surface area contributed by atoms with Crippen molar-refractivity contribution < 1.29 is 17.9 Å². The molecule has 2 atom stereocenters. The van der Waals surface area contributed by atoms with Crippen LogP contribution in [0.4, 0.5) is 5.13 Å². The number of carbonyl (C=O) groups is 1. The number of sulfonamides is 1. The molecule has 5 rings (SSSR count). The first-order valence-corrected chi connectivity index (χ1v) is 14.9. The maximum atomic E-state index is 13.9. The molecule has 3 aromatic rings. The van der Waals surface area contributed by atoms with Crippen LogP contribution in [-0.4, -0.2) is 56.0 Å². The van der Waals surface area contributed by atoms with Crippen LogP contribution in [0.1, 0.15) is 31.2 Å². The van der Waals surface area contributed by atoms with E-state index in [4.69, 9.17) is 21.3 Å². The number of nitrogens with zero attached hydrogens (tertiary/aromatic N) is 3. The van der Waals surface area contributed by atoms with Crippen molar-refractivity contribution in [2.45, 2.75) is 42.9 Å². The molecule has 1 amide bonds. The van der Waals surface area contributed by atoms with Gasteiger partial charge < -0.3 is 4.74 Å². The molecule has 2 aliphatic heterocycles. The van der Waals surface area contributed by atoms with Crippen molar-refractivity contribution in [1.82, 2.24) is 9.29 Å². The van der Waals surface area contributed by atoms with E-state index in [1.807, 2.05) is 19.1 Å². The predicted molar refractivity (Wildman–Crippen MR) is 136 cm³/mol. The standard InChI is InChI=1S/C23H26ClN3O4S3/c1-15-18(24)8-9-19-21(15)25-23(33-19)27(14-17-6-3-11-31-17)22(28)16-5-2-10-26(13-16)34(29,30)20-7-4-12-32-20/h4,7-9,12,16-17H,2-3,5-6,10-11,13-14H2,1H3. The molecular formula is C23H26ClN3O4S3. The number of aryl methyl sites for hydroxylation is 1. The van der Waals surface area contributed by atoms with Crippen molar-refractivity contribution >= 4 is 65.6 Å². The lowest BCUT2D eigenvalue weighted by atomic mass is 9.98. The van der Waals surface area contributed by atoms with Gasteiger partial charge in [0.25, 0.3) is 10.0 Å². The van der Waals surface area contributed by atoms with Crippen LogP contribution >= 0.6 is 34.3 Å². The number of carbonyl (C=O) groups excluding carboxylic acids is 1. The molecule has 2 unspecified atom stereocenters. The summed E-state index contributed by atoms with van der Waals surface area (Å²) >= 11 is 8.96. The molecule has 0 aliphatic carbocycles. The number of hydrogen-bond donors (Lipinski definition) is 0. The number of halogens is 1. The first-order chi connectivity index (χ1) is 16.3. The lowest BCUT2D eigenvalue weighted by Crippen LogP contribution is -2.48. The summed E-state index contributed by atoms with van der Waals surface area (Å²) < 4.78 is 34.8. The van der Waals surface area contributed by atoms with E-state index in [-0.39, 0.29) is 18.6 Å². The molecule has 0 spiro atoms. The molecular weight excluding hydrogens is 514 g/mol. The number of ether oxygens (including phenoxy) is 1. The van der Waals surface area contributed by atoms with Crippen LogP contribution < -0.4 is 4.90 Å². The van der Waals surface area contributed by atoms with Crippen LogP contribution in [0, 0.1) is 12.8 Å². The maximum Gasteiger partial charge on any atom is 0.252 e. The Morgan fingerprint density at radius 2 is 2.15 bits per heavy atom. The molecule has 1 aromatic carbocycles. The fourth-order valence-corrected chi connectivity index (χ4v) is 8.44. The van der Waals surface area contributed by atoms with Crippen LogP contribution in [0.25, 0.3) is 10.2 Å². The summed E-state index contributed by atoms with van der Waals surface area (Å²) in [6.07, 6.45) is 3.10. The number of aromatic nitrogens is 1. The molecule has 2 aliphatic rings. The molecule has 0 radical (unpaired) electrons. The Labute approximate surface area is 212 Å². The summed E-state index contributed by atoms with van der Waals surface area (Å²) in [5.74, 6) is -0.522. The van der Waals surface area contributed by atoms with Gasteiger partial charge in [-0.2, -0.15) is 4.31 Å². The highest BCUT2D eigenvalue weighted by molar-refractivity contribution is 7.91. The van der Waals surface area contributed by atoms with Gasteiger partial charge in [0.2, 0.25) is 5.91 Å². The van der Waals surface area contributed by atoms with Gasteiger partial charge in [-0.25, -0.2) is 13.4 Å². The largest absolute Gasteiger partial charge is 0.376 e. The third-order valence-corrected chi connectivity index (χ3v) is 11.2. The highest BCUT2D eigenvalue weighted by Crippen LogP contribution is 2.36. The minimum atomic E-state index is -3.60. The summed E-state index contributed by atoms with van der Waals surface area (Å²) in [7, 11) is -3.60. The number of hydrogen-bond acceptors (Lipinski definition) is 7. The van der Waals surface area contributed by atoms with Crippen molar-refractivity contribution in [1.29, 1.82) is 0 Å². The van der Waals surface area contributed by atoms with Crippen molar-refractivity contribution in [2.75, 3.05) is 31.1 Å². The highest BCUT2D eigenvalue weighted by atomic mass is 35.5. The second kappa shape index (κ2) is 9.83. The Hall–Kier alpha value is -1.56. The lowest BCUT2D eigenvalue weighted by molar-refractivity contribution is -0.123. The van der Waals surface area contributed by atoms with Gasteiger partial charge >= 0.3 is 0 Å². The van der Waals surface area contributed by atoms with Crippen LogP contribution in [0.2, 0.25) is 5.02 Å². The van der Waals surface area contributed by atoms with Crippen molar-refractivity contribution in [3.05, 3.63) is 40.2 Å². The number of rotatable bonds is 6. The Balaban J connectivity index is 1.44. The van der Waals surface area contributed by atoms with Crippen molar-refractivity contribution in [3.63, 3.8) is 0 Å². The van der Waals surface area contributed by atoms with Gasteiger partial charge in [0.15, 0.2) is 5.13 Å². The smallest absolute Gasteiger partial charge is 0.252 e. The third-order valence-electron chi connectivity index (χ3n) is 6.47. The number of benzene rings is 1. The van der Waals surface area contributed by atoms with Gasteiger partial charge in [-0.3, -0.25) is 9.69 Å². The van der Waals surface area contributed by atoms with E-state index >= 15 is 0 Å². The fraction of sp³-hybridized carbons (Fsp3) is 0.478. The van der Waals surface area contributed by atoms with Gasteiger partial charge in [0.1, 0.15) is 4.21 Å². The van der Waals surface area contributed by atoms with E-state index < -0.39 is 15.9 Å². The minimum absolute atomic E-state index is 0.0461. The molecule has 11 heteroatoms. The zero-order chi connectivity index (χ0) is 23.9. The maximum absolute atomic E-state index is 13.9. The molecule has 4 heterocycles.